The average molecular weight is 473 g/mol. The SMILES string of the molecule is COc1ccc([C@H](C)NC(=O)[C@H](Cc2ccccc2)NS(=O)(=O)c2ccc(Cl)cc2)cc1. The number of methoxy groups -OCH3 is 1. The molecule has 0 bridgehead atoms. The van der Waals surface area contributed by atoms with Crippen LogP contribution >= 0.6 is 11.6 Å². The Kier molecular flexibility index (Phi) is 7.90. The van der Waals surface area contributed by atoms with E-state index in [1.54, 1.807) is 7.11 Å². The zero-order chi connectivity index (χ0) is 23.1. The number of benzene rings is 3. The first kappa shape index (κ1) is 23.8. The van der Waals surface area contributed by atoms with Crippen LogP contribution in [0.25, 0.3) is 0 Å². The monoisotopic (exact) mass is 472 g/mol. The fourth-order valence-corrected chi connectivity index (χ4v) is 4.52. The third-order valence-electron chi connectivity index (χ3n) is 5.00. The summed E-state index contributed by atoms with van der Waals surface area (Å²) in [6.07, 6.45) is 0.203. The molecule has 2 atom stereocenters. The predicted molar refractivity (Wildman–Crippen MR) is 125 cm³/mol. The molecule has 3 aromatic carbocycles. The van der Waals surface area contributed by atoms with E-state index in [0.29, 0.717) is 10.8 Å². The summed E-state index contributed by atoms with van der Waals surface area (Å²) in [4.78, 5) is 13.2. The summed E-state index contributed by atoms with van der Waals surface area (Å²) >= 11 is 5.87. The molecule has 0 fully saturated rings. The third kappa shape index (κ3) is 6.32. The van der Waals surface area contributed by atoms with Gasteiger partial charge in [-0.25, -0.2) is 8.42 Å². The molecular weight excluding hydrogens is 448 g/mol. The summed E-state index contributed by atoms with van der Waals surface area (Å²) in [5.41, 5.74) is 1.71. The number of ether oxygens (including phenoxy) is 1. The van der Waals surface area contributed by atoms with Crippen molar-refractivity contribution in [3.8, 4) is 5.75 Å². The molecule has 1 amide bonds. The Morgan fingerprint density at radius 2 is 1.59 bits per heavy atom. The number of nitrogens with one attached hydrogen (secondary N) is 2. The second-order valence-electron chi connectivity index (χ2n) is 7.32. The van der Waals surface area contributed by atoms with Crippen LogP contribution in [0.3, 0.4) is 0 Å². The number of hydrogen-bond acceptors (Lipinski definition) is 4. The Morgan fingerprint density at radius 3 is 2.19 bits per heavy atom. The lowest BCUT2D eigenvalue weighted by atomic mass is 10.0. The molecule has 0 unspecified atom stereocenters. The van der Waals surface area contributed by atoms with E-state index in [0.717, 1.165) is 11.1 Å². The van der Waals surface area contributed by atoms with Crippen LogP contribution in [0.1, 0.15) is 24.1 Å². The fraction of sp³-hybridized carbons (Fsp3) is 0.208. The molecule has 8 heteroatoms. The minimum absolute atomic E-state index is 0.0379. The molecule has 3 aromatic rings. The molecule has 0 aliphatic heterocycles. The summed E-state index contributed by atoms with van der Waals surface area (Å²) in [5, 5.41) is 3.34. The Morgan fingerprint density at radius 1 is 0.969 bits per heavy atom. The molecule has 0 spiro atoms. The Labute approximate surface area is 193 Å². The molecule has 0 saturated carbocycles. The van der Waals surface area contributed by atoms with Gasteiger partial charge in [0.2, 0.25) is 15.9 Å². The van der Waals surface area contributed by atoms with E-state index < -0.39 is 22.0 Å². The Bertz CT molecular complexity index is 1130. The van der Waals surface area contributed by atoms with Gasteiger partial charge in [-0.05, 0) is 60.9 Å². The second kappa shape index (κ2) is 10.6. The van der Waals surface area contributed by atoms with Crippen LogP contribution in [0.4, 0.5) is 0 Å². The number of carbonyl (C=O) groups is 1. The van der Waals surface area contributed by atoms with Crippen molar-refractivity contribution in [2.75, 3.05) is 7.11 Å². The zero-order valence-corrected chi connectivity index (χ0v) is 19.4. The van der Waals surface area contributed by atoms with Crippen LogP contribution in [-0.4, -0.2) is 27.5 Å². The zero-order valence-electron chi connectivity index (χ0n) is 17.8. The highest BCUT2D eigenvalue weighted by molar-refractivity contribution is 7.89. The van der Waals surface area contributed by atoms with Gasteiger partial charge in [-0.1, -0.05) is 54.1 Å². The van der Waals surface area contributed by atoms with Gasteiger partial charge in [-0.2, -0.15) is 4.72 Å². The van der Waals surface area contributed by atoms with Crippen LogP contribution in [0.2, 0.25) is 5.02 Å². The van der Waals surface area contributed by atoms with Gasteiger partial charge in [0.15, 0.2) is 0 Å². The minimum atomic E-state index is -3.94. The van der Waals surface area contributed by atoms with Crippen LogP contribution in [0.15, 0.2) is 83.8 Å². The van der Waals surface area contributed by atoms with E-state index >= 15 is 0 Å². The van der Waals surface area contributed by atoms with Crippen LogP contribution in [0.5, 0.6) is 5.75 Å². The maximum absolute atomic E-state index is 13.1. The summed E-state index contributed by atoms with van der Waals surface area (Å²) in [6.45, 7) is 1.84. The van der Waals surface area contributed by atoms with Crippen molar-refractivity contribution < 1.29 is 17.9 Å². The van der Waals surface area contributed by atoms with Crippen LogP contribution in [-0.2, 0) is 21.2 Å². The molecule has 0 aliphatic carbocycles. The van der Waals surface area contributed by atoms with Crippen molar-refractivity contribution in [1.29, 1.82) is 0 Å². The second-order valence-corrected chi connectivity index (χ2v) is 9.47. The molecule has 0 saturated heterocycles. The van der Waals surface area contributed by atoms with Gasteiger partial charge in [-0.15, -0.1) is 0 Å². The number of amides is 1. The normalized spacial score (nSPS) is 13.2. The number of sulfonamides is 1. The predicted octanol–water partition coefficient (Wildman–Crippen LogP) is 4.12. The van der Waals surface area contributed by atoms with Gasteiger partial charge >= 0.3 is 0 Å². The lowest BCUT2D eigenvalue weighted by Crippen LogP contribution is -2.48. The summed E-state index contributed by atoms with van der Waals surface area (Å²) < 4.78 is 33.6. The van der Waals surface area contributed by atoms with Crippen LogP contribution in [0, 0.1) is 0 Å². The smallest absolute Gasteiger partial charge is 0.241 e. The molecular formula is C24H25ClN2O4S. The lowest BCUT2D eigenvalue weighted by Gasteiger charge is -2.22. The number of halogens is 1. The minimum Gasteiger partial charge on any atom is -0.497 e. The maximum Gasteiger partial charge on any atom is 0.241 e. The van der Waals surface area contributed by atoms with E-state index in [4.69, 9.17) is 16.3 Å². The highest BCUT2D eigenvalue weighted by Gasteiger charge is 2.27. The quantitative estimate of drug-likeness (QED) is 0.490. The van der Waals surface area contributed by atoms with Crippen molar-refractivity contribution in [2.45, 2.75) is 30.3 Å². The molecule has 3 rings (SSSR count). The first-order chi connectivity index (χ1) is 15.3. The van der Waals surface area contributed by atoms with Gasteiger partial charge in [0.25, 0.3) is 0 Å². The summed E-state index contributed by atoms with van der Waals surface area (Å²) in [7, 11) is -2.35. The topological polar surface area (TPSA) is 84.5 Å². The van der Waals surface area contributed by atoms with Crippen molar-refractivity contribution in [2.24, 2.45) is 0 Å². The largest absolute Gasteiger partial charge is 0.497 e. The summed E-state index contributed by atoms with van der Waals surface area (Å²) in [5.74, 6) is 0.291. The van der Waals surface area contributed by atoms with E-state index in [1.165, 1.54) is 24.3 Å². The molecule has 0 aromatic heterocycles. The van der Waals surface area contributed by atoms with E-state index in [9.17, 15) is 13.2 Å². The van der Waals surface area contributed by atoms with Gasteiger partial charge in [0, 0.05) is 5.02 Å². The standard InChI is InChI=1S/C24H25ClN2O4S/c1-17(19-8-12-21(31-2)13-9-19)26-24(28)23(16-18-6-4-3-5-7-18)27-32(29,30)22-14-10-20(25)11-15-22/h3-15,17,23,27H,16H2,1-2H3,(H,26,28)/t17-,23-/m0/s1. The van der Waals surface area contributed by atoms with Gasteiger partial charge in [0.05, 0.1) is 18.0 Å². The number of carbonyl (C=O) groups excluding carboxylic acids is 1. The van der Waals surface area contributed by atoms with Crippen molar-refractivity contribution in [3.05, 3.63) is 95.0 Å². The molecule has 0 radical (unpaired) electrons. The summed E-state index contributed by atoms with van der Waals surface area (Å²) in [6, 6.07) is 21.1. The number of hydrogen-bond donors (Lipinski definition) is 2. The van der Waals surface area contributed by atoms with Crippen molar-refractivity contribution in [3.63, 3.8) is 0 Å². The molecule has 2 N–H and O–H groups in total. The Balaban J connectivity index is 1.81. The van der Waals surface area contributed by atoms with Gasteiger partial charge < -0.3 is 10.1 Å². The third-order valence-corrected chi connectivity index (χ3v) is 6.73. The molecule has 168 valence electrons. The fourth-order valence-electron chi connectivity index (χ4n) is 3.20. The van der Waals surface area contributed by atoms with E-state index in [-0.39, 0.29) is 17.4 Å². The first-order valence-corrected chi connectivity index (χ1v) is 11.9. The Hall–Kier alpha value is -2.87. The average Bonchev–Trinajstić information content (AvgIpc) is 2.79. The lowest BCUT2D eigenvalue weighted by molar-refractivity contribution is -0.123. The van der Waals surface area contributed by atoms with Crippen LogP contribution < -0.4 is 14.8 Å². The molecule has 0 aliphatic rings. The molecule has 6 nitrogen and oxygen atoms in total. The highest BCUT2D eigenvalue weighted by atomic mass is 35.5. The van der Waals surface area contributed by atoms with Gasteiger partial charge in [-0.3, -0.25) is 4.79 Å². The number of rotatable bonds is 9. The van der Waals surface area contributed by atoms with E-state index in [2.05, 4.69) is 10.0 Å². The van der Waals surface area contributed by atoms with Gasteiger partial charge in [0.1, 0.15) is 11.8 Å². The van der Waals surface area contributed by atoms with Crippen molar-refractivity contribution >= 4 is 27.5 Å². The highest BCUT2D eigenvalue weighted by Crippen LogP contribution is 2.19. The first-order valence-electron chi connectivity index (χ1n) is 10.0. The maximum atomic E-state index is 13.1. The molecule has 0 heterocycles. The van der Waals surface area contributed by atoms with Crippen molar-refractivity contribution in [1.82, 2.24) is 10.0 Å². The van der Waals surface area contributed by atoms with E-state index in [1.807, 2.05) is 61.5 Å². The molecule has 32 heavy (non-hydrogen) atoms.